The van der Waals surface area contributed by atoms with E-state index in [0.717, 1.165) is 9.35 Å². The van der Waals surface area contributed by atoms with Gasteiger partial charge in [0.15, 0.2) is 0 Å². The maximum atomic E-state index is 11.8. The Morgan fingerprint density at radius 1 is 1.56 bits per heavy atom. The zero-order valence-electron chi connectivity index (χ0n) is 8.74. The molecule has 0 atom stereocenters. The fraction of sp³-hybridized carbons (Fsp3) is 0.182. The van der Waals surface area contributed by atoms with E-state index in [4.69, 9.17) is 0 Å². The lowest BCUT2D eigenvalue weighted by Crippen LogP contribution is -2.24. The molecule has 0 radical (unpaired) electrons. The summed E-state index contributed by atoms with van der Waals surface area (Å²) in [5.74, 6) is -0.0483. The average Bonchev–Trinajstić information content (AvgIpc) is 2.84. The summed E-state index contributed by atoms with van der Waals surface area (Å²) >= 11 is 5.06. The summed E-state index contributed by atoms with van der Waals surface area (Å²) in [5, 5.41) is 4.88. The third-order valence-electron chi connectivity index (χ3n) is 2.28. The van der Waals surface area contributed by atoms with E-state index in [1.165, 1.54) is 0 Å². The number of amides is 1. The van der Waals surface area contributed by atoms with Gasteiger partial charge < -0.3 is 9.88 Å². The number of aryl methyl sites for hydroxylation is 1. The Balaban J connectivity index is 1.99. The van der Waals surface area contributed by atoms with Crippen molar-refractivity contribution < 1.29 is 4.79 Å². The molecule has 2 aromatic rings. The lowest BCUT2D eigenvalue weighted by Gasteiger charge is -2.05. The number of thiophene rings is 1. The van der Waals surface area contributed by atoms with Crippen LogP contribution in [0.2, 0.25) is 0 Å². The molecule has 0 unspecified atom stereocenters. The number of nitrogens with one attached hydrogen (secondary N) is 1. The highest BCUT2D eigenvalue weighted by Crippen LogP contribution is 2.22. The van der Waals surface area contributed by atoms with E-state index in [0.29, 0.717) is 12.2 Å². The van der Waals surface area contributed by atoms with Gasteiger partial charge in [0.05, 0.1) is 6.54 Å². The van der Waals surface area contributed by atoms with Gasteiger partial charge in [-0.15, -0.1) is 11.3 Å². The minimum atomic E-state index is -0.0483. The number of halogens is 1. The molecule has 0 aliphatic rings. The molecule has 1 N–H and O–H groups in total. The Bertz CT molecular complexity index is 504. The van der Waals surface area contributed by atoms with Crippen LogP contribution in [0.5, 0.6) is 0 Å². The molecule has 16 heavy (non-hydrogen) atoms. The number of hydrogen-bond donors (Lipinski definition) is 1. The molecule has 0 aliphatic heterocycles. The molecular formula is C11H11BrN2OS. The number of hydrogen-bond acceptors (Lipinski definition) is 2. The van der Waals surface area contributed by atoms with Crippen molar-refractivity contribution in [1.29, 1.82) is 0 Å². The summed E-state index contributed by atoms with van der Waals surface area (Å²) in [6.07, 6.45) is 1.86. The minimum Gasteiger partial charge on any atom is -0.347 e. The summed E-state index contributed by atoms with van der Waals surface area (Å²) in [4.78, 5) is 12.9. The van der Waals surface area contributed by atoms with Gasteiger partial charge in [-0.25, -0.2) is 0 Å². The third kappa shape index (κ3) is 2.36. The molecular weight excluding hydrogens is 288 g/mol. The highest BCUT2D eigenvalue weighted by molar-refractivity contribution is 9.10. The van der Waals surface area contributed by atoms with E-state index in [1.807, 2.05) is 30.8 Å². The first-order valence-electron chi connectivity index (χ1n) is 4.80. The zero-order valence-corrected chi connectivity index (χ0v) is 11.1. The van der Waals surface area contributed by atoms with Crippen molar-refractivity contribution >= 4 is 33.2 Å². The summed E-state index contributed by atoms with van der Waals surface area (Å²) in [6.45, 7) is 0.558. The van der Waals surface area contributed by atoms with Crippen molar-refractivity contribution in [2.24, 2.45) is 7.05 Å². The molecule has 0 saturated carbocycles. The average molecular weight is 299 g/mol. The predicted octanol–water partition coefficient (Wildman–Crippen LogP) is 2.78. The van der Waals surface area contributed by atoms with Crippen LogP contribution in [0.15, 0.2) is 34.2 Å². The van der Waals surface area contributed by atoms with Crippen LogP contribution >= 0.6 is 27.3 Å². The first-order chi connectivity index (χ1) is 7.68. The van der Waals surface area contributed by atoms with Gasteiger partial charge >= 0.3 is 0 Å². The fourth-order valence-electron chi connectivity index (χ4n) is 1.40. The second-order valence-electron chi connectivity index (χ2n) is 3.38. The van der Waals surface area contributed by atoms with E-state index in [1.54, 1.807) is 22.0 Å². The van der Waals surface area contributed by atoms with Gasteiger partial charge in [0, 0.05) is 22.6 Å². The Kier molecular flexibility index (Phi) is 3.46. The van der Waals surface area contributed by atoms with E-state index < -0.39 is 0 Å². The number of rotatable bonds is 3. The van der Waals surface area contributed by atoms with E-state index in [-0.39, 0.29) is 5.91 Å². The number of nitrogens with zero attached hydrogens (tertiary/aromatic N) is 1. The van der Waals surface area contributed by atoms with Crippen LogP contribution in [0.25, 0.3) is 0 Å². The fourth-order valence-corrected chi connectivity index (χ4v) is 2.83. The monoisotopic (exact) mass is 298 g/mol. The van der Waals surface area contributed by atoms with Gasteiger partial charge in [0.2, 0.25) is 0 Å². The van der Waals surface area contributed by atoms with E-state index >= 15 is 0 Å². The molecule has 1 amide bonds. The zero-order chi connectivity index (χ0) is 11.5. The molecule has 5 heteroatoms. The van der Waals surface area contributed by atoms with Gasteiger partial charge in [0.25, 0.3) is 5.91 Å². The molecule has 0 bridgehead atoms. The molecule has 0 aromatic carbocycles. The lowest BCUT2D eigenvalue weighted by molar-refractivity contribution is 0.0943. The maximum absolute atomic E-state index is 11.8. The van der Waals surface area contributed by atoms with E-state index in [2.05, 4.69) is 21.2 Å². The van der Waals surface area contributed by atoms with Crippen molar-refractivity contribution in [1.82, 2.24) is 9.88 Å². The highest BCUT2D eigenvalue weighted by Gasteiger charge is 2.09. The third-order valence-corrected chi connectivity index (χ3v) is 4.20. The Morgan fingerprint density at radius 2 is 2.38 bits per heavy atom. The Labute approximate surface area is 106 Å². The van der Waals surface area contributed by atoms with Crippen LogP contribution < -0.4 is 5.32 Å². The van der Waals surface area contributed by atoms with Crippen LogP contribution in [0.1, 0.15) is 15.4 Å². The normalized spacial score (nSPS) is 10.4. The SMILES string of the molecule is Cn1cccc1C(=O)NCc1sccc1Br. The second kappa shape index (κ2) is 4.84. The summed E-state index contributed by atoms with van der Waals surface area (Å²) < 4.78 is 2.85. The van der Waals surface area contributed by atoms with Crippen LogP contribution in [0, 0.1) is 0 Å². The Morgan fingerprint density at radius 3 is 2.94 bits per heavy atom. The summed E-state index contributed by atoms with van der Waals surface area (Å²) in [7, 11) is 1.86. The van der Waals surface area contributed by atoms with Gasteiger partial charge in [-0.2, -0.15) is 0 Å². The Hall–Kier alpha value is -1.07. The number of aromatic nitrogens is 1. The summed E-state index contributed by atoms with van der Waals surface area (Å²) in [5.41, 5.74) is 0.674. The second-order valence-corrected chi connectivity index (χ2v) is 5.23. The molecule has 0 spiro atoms. The first-order valence-corrected chi connectivity index (χ1v) is 6.47. The van der Waals surface area contributed by atoms with Crippen LogP contribution in [-0.4, -0.2) is 10.5 Å². The van der Waals surface area contributed by atoms with Crippen LogP contribution in [0.4, 0.5) is 0 Å². The summed E-state index contributed by atoms with van der Waals surface area (Å²) in [6, 6.07) is 5.64. The van der Waals surface area contributed by atoms with E-state index in [9.17, 15) is 4.79 Å². The quantitative estimate of drug-likeness (QED) is 0.929. The largest absolute Gasteiger partial charge is 0.347 e. The lowest BCUT2D eigenvalue weighted by atomic mass is 10.4. The van der Waals surface area contributed by atoms with Crippen molar-refractivity contribution in [2.75, 3.05) is 0 Å². The van der Waals surface area contributed by atoms with Crippen LogP contribution in [-0.2, 0) is 13.6 Å². The predicted molar refractivity (Wildman–Crippen MR) is 68.6 cm³/mol. The van der Waals surface area contributed by atoms with Gasteiger partial charge in [-0.1, -0.05) is 0 Å². The standard InChI is InChI=1S/C11H11BrN2OS/c1-14-5-2-3-9(14)11(15)13-7-10-8(12)4-6-16-10/h2-6H,7H2,1H3,(H,13,15). The molecule has 0 fully saturated rings. The number of carbonyl (C=O) groups excluding carboxylic acids is 1. The van der Waals surface area contributed by atoms with Crippen LogP contribution in [0.3, 0.4) is 0 Å². The molecule has 84 valence electrons. The van der Waals surface area contributed by atoms with Crippen molar-refractivity contribution in [2.45, 2.75) is 6.54 Å². The number of carbonyl (C=O) groups is 1. The topological polar surface area (TPSA) is 34.0 Å². The van der Waals surface area contributed by atoms with Gasteiger partial charge in [0.1, 0.15) is 5.69 Å². The minimum absolute atomic E-state index is 0.0483. The van der Waals surface area contributed by atoms with Crippen molar-refractivity contribution in [3.05, 3.63) is 44.8 Å². The molecule has 2 rings (SSSR count). The molecule has 0 aliphatic carbocycles. The van der Waals surface area contributed by atoms with Crippen molar-refractivity contribution in [3.63, 3.8) is 0 Å². The molecule has 3 nitrogen and oxygen atoms in total. The first kappa shape index (κ1) is 11.4. The molecule has 2 heterocycles. The molecule has 0 saturated heterocycles. The smallest absolute Gasteiger partial charge is 0.268 e. The maximum Gasteiger partial charge on any atom is 0.268 e. The highest BCUT2D eigenvalue weighted by atomic mass is 79.9. The molecule has 2 aromatic heterocycles. The van der Waals surface area contributed by atoms with Crippen molar-refractivity contribution in [3.8, 4) is 0 Å². The van der Waals surface area contributed by atoms with Gasteiger partial charge in [-0.3, -0.25) is 4.79 Å². The van der Waals surface area contributed by atoms with Gasteiger partial charge in [-0.05, 0) is 39.5 Å².